The van der Waals surface area contributed by atoms with Gasteiger partial charge in [-0.3, -0.25) is 4.79 Å². The van der Waals surface area contributed by atoms with Crippen molar-refractivity contribution in [2.75, 3.05) is 18.5 Å². The van der Waals surface area contributed by atoms with Gasteiger partial charge in [-0.15, -0.1) is 0 Å². The zero-order chi connectivity index (χ0) is 19.3. The number of hydrogen-bond acceptors (Lipinski definition) is 4. The normalized spacial score (nSPS) is 17.1. The van der Waals surface area contributed by atoms with Crippen molar-refractivity contribution >= 4 is 11.5 Å². The number of Topliss-reactive ketones (excluding diaryl/α,β-unsaturated/α-hetero) is 1. The topological polar surface area (TPSA) is 47.6 Å². The van der Waals surface area contributed by atoms with Crippen LogP contribution < -0.4 is 14.8 Å². The van der Waals surface area contributed by atoms with Gasteiger partial charge in [0.1, 0.15) is 23.9 Å². The van der Waals surface area contributed by atoms with E-state index >= 15 is 0 Å². The molecule has 0 bridgehead atoms. The van der Waals surface area contributed by atoms with E-state index in [-0.39, 0.29) is 0 Å². The van der Waals surface area contributed by atoms with E-state index in [0.29, 0.717) is 37.8 Å². The number of nitrogens with one attached hydrogen (secondary N) is 1. The van der Waals surface area contributed by atoms with Gasteiger partial charge in [0.25, 0.3) is 0 Å². The summed E-state index contributed by atoms with van der Waals surface area (Å²) in [6.07, 6.45) is 4.23. The highest BCUT2D eigenvalue weighted by Gasteiger charge is 2.19. The summed E-state index contributed by atoms with van der Waals surface area (Å²) in [6, 6.07) is 16.2. The quantitative estimate of drug-likeness (QED) is 0.757. The van der Waals surface area contributed by atoms with Crippen molar-refractivity contribution in [3.8, 4) is 11.5 Å². The molecule has 1 N–H and O–H groups in total. The number of allylic oxidation sites excluding steroid dienone is 1. The Hall–Kier alpha value is -2.75. The van der Waals surface area contributed by atoms with E-state index < -0.39 is 0 Å². The van der Waals surface area contributed by atoms with Gasteiger partial charge in [-0.25, -0.2) is 0 Å². The van der Waals surface area contributed by atoms with Crippen LogP contribution in [-0.2, 0) is 11.2 Å². The first kappa shape index (κ1) is 18.6. The molecule has 2 aromatic carbocycles. The minimum atomic E-state index is 0.384. The van der Waals surface area contributed by atoms with Crippen molar-refractivity contribution in [3.63, 3.8) is 0 Å². The molecule has 0 spiro atoms. The predicted molar refractivity (Wildman–Crippen MR) is 111 cm³/mol. The molecule has 2 aromatic rings. The minimum absolute atomic E-state index is 0.384. The number of para-hydroxylation sites is 1. The lowest BCUT2D eigenvalue weighted by Crippen LogP contribution is -2.19. The van der Waals surface area contributed by atoms with Crippen LogP contribution in [0.25, 0.3) is 0 Å². The molecule has 1 saturated carbocycles. The molecule has 0 radical (unpaired) electrons. The summed E-state index contributed by atoms with van der Waals surface area (Å²) in [5, 5.41) is 3.50. The third kappa shape index (κ3) is 4.56. The molecule has 0 saturated heterocycles. The van der Waals surface area contributed by atoms with E-state index in [1.165, 1.54) is 11.1 Å². The van der Waals surface area contributed by atoms with E-state index in [0.717, 1.165) is 42.1 Å². The number of ether oxygens (including phenoxy) is 2. The Morgan fingerprint density at radius 3 is 2.57 bits per heavy atom. The van der Waals surface area contributed by atoms with Crippen molar-refractivity contribution in [2.45, 2.75) is 39.0 Å². The molecule has 1 aliphatic carbocycles. The monoisotopic (exact) mass is 377 g/mol. The summed E-state index contributed by atoms with van der Waals surface area (Å²) in [6.45, 7) is 3.32. The number of anilines is 1. The summed E-state index contributed by atoms with van der Waals surface area (Å²) < 4.78 is 12.0. The number of rotatable bonds is 6. The van der Waals surface area contributed by atoms with Gasteiger partial charge in [-0.2, -0.15) is 0 Å². The third-order valence-electron chi connectivity index (χ3n) is 5.61. The molecule has 0 aromatic heterocycles. The van der Waals surface area contributed by atoms with Crippen molar-refractivity contribution in [1.82, 2.24) is 0 Å². The van der Waals surface area contributed by atoms with E-state index in [1.54, 1.807) is 0 Å². The highest BCUT2D eigenvalue weighted by Crippen LogP contribution is 2.28. The zero-order valence-electron chi connectivity index (χ0n) is 16.4. The van der Waals surface area contributed by atoms with E-state index in [9.17, 15) is 4.79 Å². The molecule has 4 rings (SSSR count). The predicted octanol–water partition coefficient (Wildman–Crippen LogP) is 5.15. The zero-order valence-corrected chi connectivity index (χ0v) is 16.4. The molecule has 1 aliphatic heterocycles. The highest BCUT2D eigenvalue weighted by molar-refractivity contribution is 5.79. The Morgan fingerprint density at radius 1 is 1.00 bits per heavy atom. The Labute approximate surface area is 166 Å². The van der Waals surface area contributed by atoms with Gasteiger partial charge >= 0.3 is 0 Å². The first-order valence-electron chi connectivity index (χ1n) is 10.1. The van der Waals surface area contributed by atoms with Crippen molar-refractivity contribution in [2.24, 2.45) is 5.92 Å². The summed E-state index contributed by atoms with van der Waals surface area (Å²) in [4.78, 5) is 11.4. The summed E-state index contributed by atoms with van der Waals surface area (Å²) >= 11 is 0. The fraction of sp³-hybridized carbons (Fsp3) is 0.375. The lowest BCUT2D eigenvalue weighted by atomic mass is 9.89. The van der Waals surface area contributed by atoms with Crippen LogP contribution in [0.15, 0.2) is 59.8 Å². The van der Waals surface area contributed by atoms with Crippen molar-refractivity contribution < 1.29 is 14.3 Å². The first-order valence-corrected chi connectivity index (χ1v) is 10.1. The van der Waals surface area contributed by atoms with Crippen LogP contribution in [0.2, 0.25) is 0 Å². The average molecular weight is 377 g/mol. The lowest BCUT2D eigenvalue weighted by Gasteiger charge is -2.23. The van der Waals surface area contributed by atoms with Gasteiger partial charge in [0.15, 0.2) is 0 Å². The second kappa shape index (κ2) is 8.51. The molecular weight excluding hydrogens is 350 g/mol. The Balaban J connectivity index is 1.32. The maximum absolute atomic E-state index is 11.4. The van der Waals surface area contributed by atoms with Gasteiger partial charge < -0.3 is 14.8 Å². The summed E-state index contributed by atoms with van der Waals surface area (Å²) in [5.41, 5.74) is 4.91. The van der Waals surface area contributed by atoms with Crippen molar-refractivity contribution in [1.29, 1.82) is 0 Å². The fourth-order valence-electron chi connectivity index (χ4n) is 3.81. The molecule has 1 heterocycles. The molecule has 28 heavy (non-hydrogen) atoms. The molecule has 0 amide bonds. The van der Waals surface area contributed by atoms with Gasteiger partial charge in [0, 0.05) is 24.6 Å². The maximum Gasteiger partial charge on any atom is 0.132 e. The lowest BCUT2D eigenvalue weighted by molar-refractivity contribution is -0.121. The van der Waals surface area contributed by atoms with Crippen LogP contribution in [0.5, 0.6) is 11.5 Å². The third-order valence-corrected chi connectivity index (χ3v) is 5.61. The van der Waals surface area contributed by atoms with Gasteiger partial charge in [0.2, 0.25) is 0 Å². The minimum Gasteiger partial charge on any atom is -0.493 e. The molecular formula is C24H27NO3. The standard InChI is InChI=1S/C24H27NO3/c1-17-13-19-5-2-3-8-23(19)25-24(17)16-28-22-7-4-6-21(14-22)27-15-18-9-11-20(26)12-10-18/h2-8,14,18,25H,9-13,15-16H2,1H3. The average Bonchev–Trinajstić information content (AvgIpc) is 2.72. The van der Waals surface area contributed by atoms with Crippen LogP contribution in [0.1, 0.15) is 38.2 Å². The molecule has 4 heteroatoms. The second-order valence-electron chi connectivity index (χ2n) is 7.77. The van der Waals surface area contributed by atoms with Crippen LogP contribution in [0.4, 0.5) is 5.69 Å². The van der Waals surface area contributed by atoms with Gasteiger partial charge in [-0.1, -0.05) is 24.3 Å². The SMILES string of the molecule is CC1=C(COc2cccc(OCC3CCC(=O)CC3)c2)Nc2ccccc2C1. The highest BCUT2D eigenvalue weighted by atomic mass is 16.5. The molecule has 0 unspecified atom stereocenters. The second-order valence-corrected chi connectivity index (χ2v) is 7.77. The van der Waals surface area contributed by atoms with Crippen LogP contribution in [-0.4, -0.2) is 19.0 Å². The largest absolute Gasteiger partial charge is 0.493 e. The van der Waals surface area contributed by atoms with E-state index in [4.69, 9.17) is 9.47 Å². The molecule has 146 valence electrons. The van der Waals surface area contributed by atoms with Crippen LogP contribution in [0, 0.1) is 5.92 Å². The van der Waals surface area contributed by atoms with Crippen LogP contribution >= 0.6 is 0 Å². The molecule has 1 fully saturated rings. The van der Waals surface area contributed by atoms with Gasteiger partial charge in [0.05, 0.1) is 12.3 Å². The number of fused-ring (bicyclic) bond motifs is 1. The first-order chi connectivity index (χ1) is 13.7. The van der Waals surface area contributed by atoms with Crippen LogP contribution in [0.3, 0.4) is 0 Å². The smallest absolute Gasteiger partial charge is 0.132 e. The Morgan fingerprint density at radius 2 is 1.75 bits per heavy atom. The molecule has 0 atom stereocenters. The summed E-state index contributed by atoms with van der Waals surface area (Å²) in [5.74, 6) is 2.48. The van der Waals surface area contributed by atoms with E-state index in [1.807, 2.05) is 30.3 Å². The molecule has 4 nitrogen and oxygen atoms in total. The fourth-order valence-corrected chi connectivity index (χ4v) is 3.81. The van der Waals surface area contributed by atoms with E-state index in [2.05, 4.69) is 30.4 Å². The summed E-state index contributed by atoms with van der Waals surface area (Å²) in [7, 11) is 0. The number of carbonyl (C=O) groups excluding carboxylic acids is 1. The molecule has 2 aliphatic rings. The number of benzene rings is 2. The Kier molecular flexibility index (Phi) is 5.65. The number of hydrogen-bond donors (Lipinski definition) is 1. The maximum atomic E-state index is 11.4. The number of ketones is 1. The van der Waals surface area contributed by atoms with Crippen molar-refractivity contribution in [3.05, 3.63) is 65.4 Å². The van der Waals surface area contributed by atoms with Gasteiger partial charge in [-0.05, 0) is 61.4 Å². The Bertz CT molecular complexity index is 877. The number of carbonyl (C=O) groups is 1.